The number of ether oxygens (including phenoxy) is 1. The van der Waals surface area contributed by atoms with Crippen LogP contribution in [0.1, 0.15) is 17.3 Å². The maximum Gasteiger partial charge on any atom is 0.338 e. The molecule has 142 valence electrons. The minimum atomic E-state index is -1.09. The fourth-order valence-corrected chi connectivity index (χ4v) is 2.53. The summed E-state index contributed by atoms with van der Waals surface area (Å²) in [6, 6.07) is 19.1. The Morgan fingerprint density at radius 1 is 0.929 bits per heavy atom. The number of carbonyl (C=O) groups is 2. The minimum Gasteiger partial charge on any atom is -0.508 e. The van der Waals surface area contributed by atoms with Crippen LogP contribution < -0.4 is 5.32 Å². The maximum absolute atomic E-state index is 13.6. The van der Waals surface area contributed by atoms with E-state index in [1.165, 1.54) is 25.1 Å². The van der Waals surface area contributed by atoms with Crippen molar-refractivity contribution in [3.63, 3.8) is 0 Å². The molecule has 1 atom stereocenters. The van der Waals surface area contributed by atoms with E-state index in [0.717, 1.165) is 11.1 Å². The fourth-order valence-electron chi connectivity index (χ4n) is 2.53. The zero-order chi connectivity index (χ0) is 20.1. The highest BCUT2D eigenvalue weighted by molar-refractivity contribution is 5.97. The largest absolute Gasteiger partial charge is 0.508 e. The molecule has 0 unspecified atom stereocenters. The number of benzene rings is 3. The number of halogens is 1. The van der Waals surface area contributed by atoms with Gasteiger partial charge in [-0.05, 0) is 54.4 Å². The van der Waals surface area contributed by atoms with Crippen LogP contribution in [0.25, 0.3) is 11.1 Å². The quantitative estimate of drug-likeness (QED) is 0.645. The Kier molecular flexibility index (Phi) is 5.69. The molecule has 0 aliphatic carbocycles. The highest BCUT2D eigenvalue weighted by Gasteiger charge is 2.20. The van der Waals surface area contributed by atoms with Gasteiger partial charge in [0.15, 0.2) is 6.10 Å². The predicted molar refractivity (Wildman–Crippen MR) is 103 cm³/mol. The van der Waals surface area contributed by atoms with Crippen LogP contribution in [0.15, 0.2) is 72.8 Å². The molecule has 0 saturated carbocycles. The lowest BCUT2D eigenvalue weighted by Crippen LogP contribution is -2.30. The van der Waals surface area contributed by atoms with Gasteiger partial charge in [0.2, 0.25) is 0 Å². The van der Waals surface area contributed by atoms with Crippen LogP contribution >= 0.6 is 0 Å². The zero-order valence-corrected chi connectivity index (χ0v) is 15.1. The lowest BCUT2D eigenvalue weighted by Gasteiger charge is -2.14. The second-order valence-corrected chi connectivity index (χ2v) is 6.14. The Hall–Kier alpha value is -3.67. The van der Waals surface area contributed by atoms with Crippen LogP contribution in [0.4, 0.5) is 10.1 Å². The van der Waals surface area contributed by atoms with E-state index in [-0.39, 0.29) is 17.0 Å². The van der Waals surface area contributed by atoms with Gasteiger partial charge in [-0.25, -0.2) is 9.18 Å². The number of phenolic OH excluding ortho intramolecular Hbond substituents is 1. The highest BCUT2D eigenvalue weighted by Crippen LogP contribution is 2.22. The van der Waals surface area contributed by atoms with E-state index in [1.54, 1.807) is 54.6 Å². The molecule has 0 fully saturated rings. The molecule has 5 nitrogen and oxygen atoms in total. The van der Waals surface area contributed by atoms with Crippen LogP contribution in [0.3, 0.4) is 0 Å². The van der Waals surface area contributed by atoms with Gasteiger partial charge in [0.1, 0.15) is 11.6 Å². The average molecular weight is 379 g/mol. The van der Waals surface area contributed by atoms with E-state index in [9.17, 15) is 19.1 Å². The number of anilines is 1. The third-order valence-electron chi connectivity index (χ3n) is 4.11. The van der Waals surface area contributed by atoms with Crippen molar-refractivity contribution < 1.29 is 23.8 Å². The first-order valence-electron chi connectivity index (χ1n) is 8.60. The van der Waals surface area contributed by atoms with Gasteiger partial charge >= 0.3 is 5.97 Å². The van der Waals surface area contributed by atoms with Gasteiger partial charge < -0.3 is 15.2 Å². The van der Waals surface area contributed by atoms with Crippen molar-refractivity contribution in [3.8, 4) is 16.9 Å². The number of hydrogen-bond donors (Lipinski definition) is 2. The maximum atomic E-state index is 13.6. The van der Waals surface area contributed by atoms with Crippen LogP contribution in [0.2, 0.25) is 0 Å². The monoisotopic (exact) mass is 379 g/mol. The van der Waals surface area contributed by atoms with Gasteiger partial charge in [-0.15, -0.1) is 0 Å². The van der Waals surface area contributed by atoms with E-state index in [0.29, 0.717) is 0 Å². The number of carbonyl (C=O) groups excluding carboxylic acids is 2. The van der Waals surface area contributed by atoms with E-state index < -0.39 is 23.8 Å². The third-order valence-corrected chi connectivity index (χ3v) is 4.11. The van der Waals surface area contributed by atoms with Crippen molar-refractivity contribution >= 4 is 17.6 Å². The van der Waals surface area contributed by atoms with Crippen molar-refractivity contribution in [2.75, 3.05) is 5.32 Å². The van der Waals surface area contributed by atoms with Crippen LogP contribution in [0.5, 0.6) is 5.75 Å². The Balaban J connectivity index is 1.63. The number of rotatable bonds is 5. The molecular weight excluding hydrogens is 361 g/mol. The van der Waals surface area contributed by atoms with Crippen LogP contribution in [0, 0.1) is 5.82 Å². The summed E-state index contributed by atoms with van der Waals surface area (Å²) in [5.41, 5.74) is 2.05. The van der Waals surface area contributed by atoms with Gasteiger partial charge in [-0.1, -0.05) is 36.4 Å². The molecule has 3 rings (SSSR count). The van der Waals surface area contributed by atoms with Gasteiger partial charge in [-0.3, -0.25) is 4.79 Å². The summed E-state index contributed by atoms with van der Waals surface area (Å²) < 4.78 is 18.8. The second-order valence-electron chi connectivity index (χ2n) is 6.14. The average Bonchev–Trinajstić information content (AvgIpc) is 2.70. The summed E-state index contributed by atoms with van der Waals surface area (Å²) in [5, 5.41) is 11.7. The molecule has 6 heteroatoms. The minimum absolute atomic E-state index is 0.0219. The van der Waals surface area contributed by atoms with Crippen molar-refractivity contribution in [1.82, 2.24) is 0 Å². The standard InChI is InChI=1S/C22H18FNO4/c1-14(21(26)24-20-5-3-2-4-19(20)23)28-22(27)17-8-6-15(7-9-17)16-10-12-18(25)13-11-16/h2-14,25H,1H3,(H,24,26)/t14-/m1/s1. The summed E-state index contributed by atoms with van der Waals surface area (Å²) >= 11 is 0. The van der Waals surface area contributed by atoms with Crippen molar-refractivity contribution in [3.05, 3.63) is 84.2 Å². The molecule has 3 aromatic rings. The number of esters is 1. The predicted octanol–water partition coefficient (Wildman–Crippen LogP) is 4.38. The van der Waals surface area contributed by atoms with Gasteiger partial charge in [0, 0.05) is 0 Å². The van der Waals surface area contributed by atoms with E-state index in [1.807, 2.05) is 0 Å². The molecule has 0 bridgehead atoms. The van der Waals surface area contributed by atoms with Crippen LogP contribution in [-0.4, -0.2) is 23.1 Å². The number of para-hydroxylation sites is 1. The lowest BCUT2D eigenvalue weighted by molar-refractivity contribution is -0.123. The smallest absolute Gasteiger partial charge is 0.338 e. The zero-order valence-electron chi connectivity index (χ0n) is 15.1. The molecule has 0 radical (unpaired) electrons. The molecule has 0 aromatic heterocycles. The van der Waals surface area contributed by atoms with E-state index in [2.05, 4.69) is 5.32 Å². The van der Waals surface area contributed by atoms with E-state index in [4.69, 9.17) is 4.74 Å². The SMILES string of the molecule is C[C@@H](OC(=O)c1ccc(-c2ccc(O)cc2)cc1)C(=O)Nc1ccccc1F. The summed E-state index contributed by atoms with van der Waals surface area (Å²) in [5.74, 6) is -1.68. The normalized spacial score (nSPS) is 11.5. The van der Waals surface area contributed by atoms with Gasteiger partial charge in [-0.2, -0.15) is 0 Å². The molecular formula is C22H18FNO4. The van der Waals surface area contributed by atoms with Crippen molar-refractivity contribution in [1.29, 1.82) is 0 Å². The first-order valence-corrected chi connectivity index (χ1v) is 8.60. The Bertz CT molecular complexity index is 984. The Morgan fingerprint density at radius 2 is 1.50 bits per heavy atom. The molecule has 28 heavy (non-hydrogen) atoms. The molecule has 0 aliphatic heterocycles. The first-order chi connectivity index (χ1) is 13.4. The Morgan fingerprint density at radius 3 is 2.11 bits per heavy atom. The number of nitrogens with one attached hydrogen (secondary N) is 1. The highest BCUT2D eigenvalue weighted by atomic mass is 19.1. The van der Waals surface area contributed by atoms with Gasteiger partial charge in [0.25, 0.3) is 5.91 Å². The molecule has 0 saturated heterocycles. The van der Waals surface area contributed by atoms with Crippen LogP contribution in [-0.2, 0) is 9.53 Å². The number of hydrogen-bond acceptors (Lipinski definition) is 4. The topological polar surface area (TPSA) is 75.6 Å². The summed E-state index contributed by atoms with van der Waals surface area (Å²) in [6.07, 6.45) is -1.09. The van der Waals surface area contributed by atoms with E-state index >= 15 is 0 Å². The molecule has 0 spiro atoms. The van der Waals surface area contributed by atoms with Gasteiger partial charge in [0.05, 0.1) is 11.3 Å². The summed E-state index contributed by atoms with van der Waals surface area (Å²) in [4.78, 5) is 24.4. The Labute approximate surface area is 161 Å². The van der Waals surface area contributed by atoms with Crippen molar-refractivity contribution in [2.24, 2.45) is 0 Å². The summed E-state index contributed by atoms with van der Waals surface area (Å²) in [7, 11) is 0. The second kappa shape index (κ2) is 8.35. The number of phenols is 1. The number of amides is 1. The molecule has 0 aliphatic rings. The first kappa shape index (κ1) is 19.1. The third kappa shape index (κ3) is 4.54. The fraction of sp³-hybridized carbons (Fsp3) is 0.0909. The molecule has 1 amide bonds. The molecule has 0 heterocycles. The molecule has 2 N–H and O–H groups in total. The number of aromatic hydroxyl groups is 1. The van der Waals surface area contributed by atoms with Crippen molar-refractivity contribution in [2.45, 2.75) is 13.0 Å². The molecule has 3 aromatic carbocycles. The summed E-state index contributed by atoms with van der Waals surface area (Å²) in [6.45, 7) is 1.42. The lowest BCUT2D eigenvalue weighted by atomic mass is 10.0.